The predicted octanol–water partition coefficient (Wildman–Crippen LogP) is -0.207. The minimum Gasteiger partial charge on any atom is -0.403 e. The summed E-state index contributed by atoms with van der Waals surface area (Å²) >= 11 is 0. The van der Waals surface area contributed by atoms with Crippen LogP contribution in [0.2, 0.25) is 0 Å². The number of rotatable bonds is 1. The molecule has 0 saturated heterocycles. The molecule has 0 amide bonds. The average Bonchev–Trinajstić information content (AvgIpc) is 1.61. The zero-order valence-corrected chi connectivity index (χ0v) is 4.26. The minimum atomic E-state index is 0.515. The molecule has 0 heterocycles. The van der Waals surface area contributed by atoms with Gasteiger partial charge in [0.2, 0.25) is 0 Å². The van der Waals surface area contributed by atoms with Crippen molar-refractivity contribution in [2.75, 3.05) is 0 Å². The van der Waals surface area contributed by atoms with Crippen molar-refractivity contribution in [2.45, 2.75) is 6.92 Å². The largest absolute Gasteiger partial charge is 0.403 e. The summed E-state index contributed by atoms with van der Waals surface area (Å²) in [5, 5.41) is 0. The molecule has 0 fully saturated rings. The summed E-state index contributed by atoms with van der Waals surface area (Å²) in [6.45, 7) is 1.69. The van der Waals surface area contributed by atoms with Crippen LogP contribution in [-0.2, 0) is 0 Å². The third-order valence-electron chi connectivity index (χ3n) is 0.364. The summed E-state index contributed by atoms with van der Waals surface area (Å²) in [4.78, 5) is 3.63. The number of nitrogens with two attached hydrogens (primary N) is 2. The van der Waals surface area contributed by atoms with E-state index in [1.807, 2.05) is 0 Å². The monoisotopic (exact) mass is 99.1 g/mol. The van der Waals surface area contributed by atoms with Crippen LogP contribution in [0, 0.1) is 0 Å². The lowest BCUT2D eigenvalue weighted by molar-refractivity contribution is 1.43. The third-order valence-corrected chi connectivity index (χ3v) is 0.364. The van der Waals surface area contributed by atoms with E-state index in [0.29, 0.717) is 5.84 Å². The van der Waals surface area contributed by atoms with E-state index in [1.54, 1.807) is 6.92 Å². The van der Waals surface area contributed by atoms with Crippen LogP contribution in [0.15, 0.2) is 17.4 Å². The van der Waals surface area contributed by atoms with Gasteiger partial charge in [0.25, 0.3) is 0 Å². The van der Waals surface area contributed by atoms with E-state index in [1.165, 1.54) is 12.4 Å². The van der Waals surface area contributed by atoms with Gasteiger partial charge in [-0.25, -0.2) is 4.99 Å². The molecule has 0 radical (unpaired) electrons. The second-order valence-electron chi connectivity index (χ2n) is 1.11. The van der Waals surface area contributed by atoms with Gasteiger partial charge in [0.1, 0.15) is 0 Å². The molecule has 0 aliphatic carbocycles. The van der Waals surface area contributed by atoms with Gasteiger partial charge in [0, 0.05) is 12.4 Å². The summed E-state index contributed by atoms with van der Waals surface area (Å²) < 4.78 is 0. The summed E-state index contributed by atoms with van der Waals surface area (Å²) in [6, 6.07) is 0. The second kappa shape index (κ2) is 3.21. The Morgan fingerprint density at radius 3 is 2.43 bits per heavy atom. The lowest BCUT2D eigenvalue weighted by Gasteiger charge is -1.79. The quantitative estimate of drug-likeness (QED) is 0.353. The lowest BCUT2D eigenvalue weighted by atomic mass is 10.7. The molecule has 40 valence electrons. The molecular weight excluding hydrogens is 90.1 g/mol. The summed E-state index contributed by atoms with van der Waals surface area (Å²) in [5.41, 5.74) is 10.1. The van der Waals surface area contributed by atoms with Crippen LogP contribution < -0.4 is 11.5 Å². The van der Waals surface area contributed by atoms with Crippen molar-refractivity contribution in [1.82, 2.24) is 0 Å². The lowest BCUT2D eigenvalue weighted by Crippen LogP contribution is -2.03. The van der Waals surface area contributed by atoms with Crippen molar-refractivity contribution in [3.05, 3.63) is 12.4 Å². The van der Waals surface area contributed by atoms with Crippen LogP contribution >= 0.6 is 0 Å². The Kier molecular flexibility index (Phi) is 2.76. The molecule has 3 heteroatoms. The molecule has 4 N–H and O–H groups in total. The maximum Gasteiger partial charge on any atom is 0.0958 e. The number of hydrogen-bond acceptors (Lipinski definition) is 2. The van der Waals surface area contributed by atoms with Gasteiger partial charge >= 0.3 is 0 Å². The van der Waals surface area contributed by atoms with Gasteiger partial charge in [0.05, 0.1) is 5.84 Å². The molecule has 0 saturated carbocycles. The van der Waals surface area contributed by atoms with E-state index in [4.69, 9.17) is 11.5 Å². The number of hydrogen-bond donors (Lipinski definition) is 2. The molecule has 3 nitrogen and oxygen atoms in total. The number of nitrogens with zero attached hydrogens (tertiary/aromatic N) is 1. The average molecular weight is 99.1 g/mol. The Morgan fingerprint density at radius 1 is 1.71 bits per heavy atom. The maximum atomic E-state index is 5.12. The molecule has 0 aromatic heterocycles. The van der Waals surface area contributed by atoms with Crippen LogP contribution in [0.4, 0.5) is 0 Å². The van der Waals surface area contributed by atoms with Gasteiger partial charge in [-0.05, 0) is 6.92 Å². The zero-order valence-electron chi connectivity index (χ0n) is 4.26. The molecule has 0 spiro atoms. The highest BCUT2D eigenvalue weighted by molar-refractivity contribution is 5.77. The minimum absolute atomic E-state index is 0.515. The van der Waals surface area contributed by atoms with Gasteiger partial charge in [-0.1, -0.05) is 0 Å². The van der Waals surface area contributed by atoms with Gasteiger partial charge < -0.3 is 11.5 Å². The highest BCUT2D eigenvalue weighted by Gasteiger charge is 1.66. The topological polar surface area (TPSA) is 64.4 Å². The van der Waals surface area contributed by atoms with E-state index in [0.717, 1.165) is 0 Å². The second-order valence-corrected chi connectivity index (χ2v) is 1.11. The molecule has 0 unspecified atom stereocenters. The number of aliphatic imine (C=N–C) groups is 1. The van der Waals surface area contributed by atoms with E-state index in [-0.39, 0.29) is 0 Å². The van der Waals surface area contributed by atoms with Crippen molar-refractivity contribution in [3.63, 3.8) is 0 Å². The summed E-state index contributed by atoms with van der Waals surface area (Å²) in [6.07, 6.45) is 2.77. The van der Waals surface area contributed by atoms with Crippen molar-refractivity contribution < 1.29 is 0 Å². The summed E-state index contributed by atoms with van der Waals surface area (Å²) in [5.74, 6) is 0.515. The fourth-order valence-electron chi connectivity index (χ4n) is 0.161. The smallest absolute Gasteiger partial charge is 0.0958 e. The van der Waals surface area contributed by atoms with Crippen LogP contribution in [0.3, 0.4) is 0 Å². The normalized spacial score (nSPS) is 13.0. The highest BCUT2D eigenvalue weighted by atomic mass is 14.8. The third kappa shape index (κ3) is 5.01. The zero-order chi connectivity index (χ0) is 5.70. The van der Waals surface area contributed by atoms with Crippen LogP contribution in [0.1, 0.15) is 6.92 Å². The molecule has 0 atom stereocenters. The van der Waals surface area contributed by atoms with Crippen LogP contribution in [0.25, 0.3) is 0 Å². The fourth-order valence-corrected chi connectivity index (χ4v) is 0.161. The first-order chi connectivity index (χ1) is 3.27. The Balaban J connectivity index is 3.46. The van der Waals surface area contributed by atoms with Crippen molar-refractivity contribution in [2.24, 2.45) is 16.5 Å². The molecule has 0 aliphatic rings. The molecular formula is C4H9N3. The van der Waals surface area contributed by atoms with Gasteiger partial charge in [-0.15, -0.1) is 0 Å². The molecule has 0 aliphatic heterocycles. The number of amidine groups is 1. The fraction of sp³-hybridized carbons (Fsp3) is 0.250. The van der Waals surface area contributed by atoms with Crippen LogP contribution in [-0.4, -0.2) is 5.84 Å². The molecule has 0 aromatic carbocycles. The van der Waals surface area contributed by atoms with Crippen molar-refractivity contribution >= 4 is 5.84 Å². The van der Waals surface area contributed by atoms with Gasteiger partial charge in [-0.2, -0.15) is 0 Å². The SMILES string of the molecule is CC(N)=N/C=C\N. The Labute approximate surface area is 42.7 Å². The standard InChI is InChI=1S/C4H9N3/c1-4(6)7-3-2-5/h2-3H,5H2,1H3,(H2,6,7)/b3-2-. The first-order valence-electron chi connectivity index (χ1n) is 1.94. The van der Waals surface area contributed by atoms with E-state index >= 15 is 0 Å². The van der Waals surface area contributed by atoms with Gasteiger partial charge in [-0.3, -0.25) is 0 Å². The van der Waals surface area contributed by atoms with Crippen LogP contribution in [0.5, 0.6) is 0 Å². The van der Waals surface area contributed by atoms with E-state index in [9.17, 15) is 0 Å². The van der Waals surface area contributed by atoms with E-state index < -0.39 is 0 Å². The molecule has 0 bridgehead atoms. The Morgan fingerprint density at radius 2 is 2.29 bits per heavy atom. The molecule has 0 rings (SSSR count). The first-order valence-corrected chi connectivity index (χ1v) is 1.94. The highest BCUT2D eigenvalue weighted by Crippen LogP contribution is 1.67. The van der Waals surface area contributed by atoms with Gasteiger partial charge in [0.15, 0.2) is 0 Å². The Bertz CT molecular complexity index is 89.1. The van der Waals surface area contributed by atoms with E-state index in [2.05, 4.69) is 4.99 Å². The maximum absolute atomic E-state index is 5.12. The first kappa shape index (κ1) is 6.01. The predicted molar refractivity (Wildman–Crippen MR) is 30.6 cm³/mol. The Hall–Kier alpha value is -0.990. The van der Waals surface area contributed by atoms with Crippen molar-refractivity contribution in [3.8, 4) is 0 Å². The molecule has 7 heavy (non-hydrogen) atoms. The molecule has 0 aromatic rings. The summed E-state index contributed by atoms with van der Waals surface area (Å²) in [7, 11) is 0. The van der Waals surface area contributed by atoms with Crippen molar-refractivity contribution in [1.29, 1.82) is 0 Å².